The summed E-state index contributed by atoms with van der Waals surface area (Å²) in [6.07, 6.45) is 4.72. The maximum absolute atomic E-state index is 12.6. The highest BCUT2D eigenvalue weighted by molar-refractivity contribution is 7.92. The largest absolute Gasteiger partial charge is 0.459 e. The Morgan fingerprint density at radius 1 is 1.23 bits per heavy atom. The fourth-order valence-corrected chi connectivity index (χ4v) is 4.27. The molecule has 1 fully saturated rings. The van der Waals surface area contributed by atoms with Gasteiger partial charge in [0, 0.05) is 25.0 Å². The molecule has 0 saturated carbocycles. The number of sulfonamides is 1. The molecule has 1 N–H and O–H groups in total. The van der Waals surface area contributed by atoms with Crippen molar-refractivity contribution in [3.63, 3.8) is 0 Å². The number of amides is 1. The topological polar surface area (TPSA) is 79.6 Å². The number of nitrogens with one attached hydrogen (secondary N) is 1. The Kier molecular flexibility index (Phi) is 5.90. The van der Waals surface area contributed by atoms with Crippen LogP contribution in [0.1, 0.15) is 29.0 Å². The summed E-state index contributed by atoms with van der Waals surface area (Å²) in [5, 5.41) is 4.07. The van der Waals surface area contributed by atoms with E-state index < -0.39 is 10.0 Å². The second kappa shape index (κ2) is 8.33. The van der Waals surface area contributed by atoms with Crippen molar-refractivity contribution in [1.29, 1.82) is 0 Å². The van der Waals surface area contributed by atoms with Crippen molar-refractivity contribution in [2.45, 2.75) is 12.8 Å². The third-order valence-corrected chi connectivity index (χ3v) is 5.90. The number of rotatable bonds is 6. The van der Waals surface area contributed by atoms with Crippen LogP contribution in [0.3, 0.4) is 0 Å². The van der Waals surface area contributed by atoms with Crippen molar-refractivity contribution < 1.29 is 17.6 Å². The quantitative estimate of drug-likeness (QED) is 0.843. The zero-order valence-electron chi connectivity index (χ0n) is 14.4. The molecule has 2 heterocycles. The molecule has 0 bridgehead atoms. The number of furan rings is 1. The molecule has 1 amide bonds. The molecule has 1 atom stereocenters. The highest BCUT2D eigenvalue weighted by Crippen LogP contribution is 2.20. The summed E-state index contributed by atoms with van der Waals surface area (Å²) in [7, 11) is -3.47. The van der Waals surface area contributed by atoms with Crippen LogP contribution in [-0.4, -0.2) is 38.3 Å². The first-order valence-electron chi connectivity index (χ1n) is 8.59. The summed E-state index contributed by atoms with van der Waals surface area (Å²) < 4.78 is 31.7. The highest BCUT2D eigenvalue weighted by atomic mass is 32.2. The van der Waals surface area contributed by atoms with E-state index in [9.17, 15) is 13.2 Å². The van der Waals surface area contributed by atoms with E-state index in [1.807, 2.05) is 30.3 Å². The molecule has 7 heteroatoms. The van der Waals surface area contributed by atoms with E-state index in [4.69, 9.17) is 4.42 Å². The van der Waals surface area contributed by atoms with E-state index in [1.165, 1.54) is 16.0 Å². The van der Waals surface area contributed by atoms with Crippen LogP contribution in [0.2, 0.25) is 0 Å². The van der Waals surface area contributed by atoms with Gasteiger partial charge in [-0.15, -0.1) is 0 Å². The lowest BCUT2D eigenvalue weighted by Gasteiger charge is -2.31. The summed E-state index contributed by atoms with van der Waals surface area (Å²) in [4.78, 5) is 11.9. The first kappa shape index (κ1) is 18.4. The minimum absolute atomic E-state index is 0.0857. The number of hydrogen-bond acceptors (Lipinski definition) is 4. The van der Waals surface area contributed by atoms with Crippen LogP contribution in [0.15, 0.2) is 58.6 Å². The van der Waals surface area contributed by atoms with E-state index in [-0.39, 0.29) is 17.6 Å². The Morgan fingerprint density at radius 3 is 2.77 bits per heavy atom. The Balaban J connectivity index is 1.57. The van der Waals surface area contributed by atoms with Crippen LogP contribution in [0.25, 0.3) is 6.08 Å². The van der Waals surface area contributed by atoms with Crippen LogP contribution in [0.5, 0.6) is 0 Å². The number of hydrogen-bond donors (Lipinski definition) is 1. The van der Waals surface area contributed by atoms with Crippen LogP contribution >= 0.6 is 0 Å². The summed E-state index contributed by atoms with van der Waals surface area (Å²) in [5.74, 6) is 0.0672. The van der Waals surface area contributed by atoms with Gasteiger partial charge in [-0.1, -0.05) is 30.3 Å². The van der Waals surface area contributed by atoms with Crippen molar-refractivity contribution in [1.82, 2.24) is 9.62 Å². The molecule has 26 heavy (non-hydrogen) atoms. The lowest BCUT2D eigenvalue weighted by molar-refractivity contribution is 0.0914. The van der Waals surface area contributed by atoms with Gasteiger partial charge in [0.05, 0.1) is 6.26 Å². The zero-order chi connectivity index (χ0) is 18.4. The van der Waals surface area contributed by atoms with E-state index >= 15 is 0 Å². The van der Waals surface area contributed by atoms with Crippen LogP contribution in [-0.2, 0) is 10.0 Å². The standard InChI is InChI=1S/C19H22N2O4S/c22-19(18-9-5-12-25-18)20-14-17-8-4-11-21(15-17)26(23,24)13-10-16-6-2-1-3-7-16/h1-3,5-7,9-10,12-13,17H,4,8,11,14-15H2,(H,20,22). The predicted molar refractivity (Wildman–Crippen MR) is 99.7 cm³/mol. The first-order valence-corrected chi connectivity index (χ1v) is 10.1. The van der Waals surface area contributed by atoms with Gasteiger partial charge in [0.1, 0.15) is 0 Å². The molecule has 0 aliphatic carbocycles. The van der Waals surface area contributed by atoms with E-state index in [0.29, 0.717) is 19.6 Å². The van der Waals surface area contributed by atoms with Crippen molar-refractivity contribution in [3.05, 3.63) is 65.5 Å². The highest BCUT2D eigenvalue weighted by Gasteiger charge is 2.27. The van der Waals surface area contributed by atoms with Crippen molar-refractivity contribution in [2.24, 2.45) is 5.92 Å². The van der Waals surface area contributed by atoms with Gasteiger partial charge in [-0.05, 0) is 42.5 Å². The molecule has 0 radical (unpaired) electrons. The maximum atomic E-state index is 12.6. The molecule has 1 aliphatic heterocycles. The van der Waals surface area contributed by atoms with Gasteiger partial charge in [-0.2, -0.15) is 4.31 Å². The third-order valence-electron chi connectivity index (χ3n) is 4.37. The predicted octanol–water partition coefficient (Wildman–Crippen LogP) is 2.72. The van der Waals surface area contributed by atoms with Gasteiger partial charge >= 0.3 is 0 Å². The van der Waals surface area contributed by atoms with Crippen molar-refractivity contribution >= 4 is 22.0 Å². The Bertz CT molecular complexity index is 845. The Hall–Kier alpha value is -2.38. The van der Waals surface area contributed by atoms with Crippen LogP contribution in [0, 0.1) is 5.92 Å². The lowest BCUT2D eigenvalue weighted by Crippen LogP contribution is -2.43. The Labute approximate surface area is 153 Å². The first-order chi connectivity index (χ1) is 12.5. The fraction of sp³-hybridized carbons (Fsp3) is 0.316. The van der Waals surface area contributed by atoms with Gasteiger partial charge in [-0.25, -0.2) is 8.42 Å². The molecule has 3 rings (SSSR count). The van der Waals surface area contributed by atoms with Gasteiger partial charge in [0.25, 0.3) is 5.91 Å². The summed E-state index contributed by atoms with van der Waals surface area (Å²) in [6, 6.07) is 12.6. The SMILES string of the molecule is O=C(NCC1CCCN(S(=O)(=O)C=Cc2ccccc2)C1)c1ccco1. The maximum Gasteiger partial charge on any atom is 0.286 e. The number of nitrogens with zero attached hydrogens (tertiary/aromatic N) is 1. The molecular weight excluding hydrogens is 352 g/mol. The number of carbonyl (C=O) groups is 1. The fourth-order valence-electron chi connectivity index (χ4n) is 2.97. The van der Waals surface area contributed by atoms with Gasteiger partial charge < -0.3 is 9.73 Å². The molecule has 0 spiro atoms. The molecule has 1 aliphatic rings. The molecule has 2 aromatic rings. The van der Waals surface area contributed by atoms with Crippen molar-refractivity contribution in [2.75, 3.05) is 19.6 Å². The molecule has 138 valence electrons. The number of benzene rings is 1. The molecule has 1 aromatic carbocycles. The number of carbonyl (C=O) groups excluding carboxylic acids is 1. The number of piperidine rings is 1. The lowest BCUT2D eigenvalue weighted by atomic mass is 10.00. The van der Waals surface area contributed by atoms with Gasteiger partial charge in [0.15, 0.2) is 5.76 Å². The zero-order valence-corrected chi connectivity index (χ0v) is 15.2. The second-order valence-corrected chi connectivity index (χ2v) is 8.13. The molecule has 1 unspecified atom stereocenters. The summed E-state index contributed by atoms with van der Waals surface area (Å²) in [5.41, 5.74) is 0.843. The van der Waals surface area contributed by atoms with Crippen LogP contribution in [0.4, 0.5) is 0 Å². The average molecular weight is 374 g/mol. The minimum Gasteiger partial charge on any atom is -0.459 e. The molecule has 1 aromatic heterocycles. The average Bonchev–Trinajstić information content (AvgIpc) is 3.21. The monoisotopic (exact) mass is 374 g/mol. The van der Waals surface area contributed by atoms with Gasteiger partial charge in [-0.3, -0.25) is 4.79 Å². The van der Waals surface area contributed by atoms with Crippen LogP contribution < -0.4 is 5.32 Å². The summed E-state index contributed by atoms with van der Waals surface area (Å²) >= 11 is 0. The van der Waals surface area contributed by atoms with E-state index in [1.54, 1.807) is 18.2 Å². The normalized spacial score (nSPS) is 18.8. The summed E-state index contributed by atoms with van der Waals surface area (Å²) in [6.45, 7) is 1.33. The Morgan fingerprint density at radius 2 is 2.04 bits per heavy atom. The van der Waals surface area contributed by atoms with E-state index in [0.717, 1.165) is 18.4 Å². The third kappa shape index (κ3) is 4.83. The molecule has 1 saturated heterocycles. The molecule has 6 nitrogen and oxygen atoms in total. The smallest absolute Gasteiger partial charge is 0.286 e. The van der Waals surface area contributed by atoms with Gasteiger partial charge in [0.2, 0.25) is 10.0 Å². The van der Waals surface area contributed by atoms with Crippen molar-refractivity contribution in [3.8, 4) is 0 Å². The van der Waals surface area contributed by atoms with E-state index in [2.05, 4.69) is 5.32 Å². The minimum atomic E-state index is -3.47. The molecular formula is C19H22N2O4S. The second-order valence-electron chi connectivity index (χ2n) is 6.31.